The standard InChI is InChI=1S/C46H73N11O15/c1-3-4-5-6-7-8-9-10-11-12-27-20-38(65)51-33(23-58)44(70)52-29(17-18-35(47)62)40(66)54-31(21-36(48)63)42(68)53-30(19-26-13-15-28(61)16-14-26)41(67)55-32(22-37(49)64)43(69)56-34(24-59)45(71)57-39(25(2)60)46(72)50-27/h13-16,25,27,29-34,39,58-61H,3-12,17-24H2,1-2H3,(H2,47,62)(H2,48,63)(H2,49,64)(H,50,72)(H,51,65)(H,52,70)(H,53,68)(H,54,66)(H,55,67)(H,56,69)(H,57,71)/t25-,27?,29?,30-,31+,32?,33-,34-,39?/m1/s1. The Bertz CT molecular complexity index is 2020. The SMILES string of the molecule is CCCCCCCCCCCC1CC(=O)N[C@H](CO)C(=O)NC(CCC(N)=O)C(=O)N[C@@H](CC(N)=O)C(=O)N[C@H](Cc2ccc(O)cc2)C(=O)NC(CC(N)=O)C(=O)N[C@H](CO)C(=O)NC([C@@H](C)O)C(=O)N1. The fourth-order valence-corrected chi connectivity index (χ4v) is 7.56. The minimum atomic E-state index is -1.91. The number of hydrogen-bond acceptors (Lipinski definition) is 15. The van der Waals surface area contributed by atoms with Crippen molar-refractivity contribution in [1.82, 2.24) is 42.5 Å². The molecule has 1 aromatic carbocycles. The fourth-order valence-electron chi connectivity index (χ4n) is 7.56. The van der Waals surface area contributed by atoms with Gasteiger partial charge < -0.3 is 80.2 Å². The Hall–Kier alpha value is -6.93. The summed E-state index contributed by atoms with van der Waals surface area (Å²) in [6.07, 6.45) is 3.20. The number of phenolic OH excluding ortho intramolecular Hbond substituents is 1. The van der Waals surface area contributed by atoms with Gasteiger partial charge in [-0.15, -0.1) is 0 Å². The number of rotatable bonds is 22. The number of benzene rings is 1. The molecule has 2 rings (SSSR count). The molecule has 0 aliphatic carbocycles. The van der Waals surface area contributed by atoms with Gasteiger partial charge in [0.25, 0.3) is 0 Å². The molecule has 1 aliphatic rings. The lowest BCUT2D eigenvalue weighted by molar-refractivity contribution is -0.137. The third-order valence-electron chi connectivity index (χ3n) is 11.5. The maximum Gasteiger partial charge on any atom is 0.245 e. The molecule has 11 amide bonds. The zero-order valence-corrected chi connectivity index (χ0v) is 40.7. The maximum atomic E-state index is 14.0. The van der Waals surface area contributed by atoms with Gasteiger partial charge >= 0.3 is 0 Å². The van der Waals surface area contributed by atoms with E-state index in [1.165, 1.54) is 24.3 Å². The van der Waals surface area contributed by atoms with Crippen molar-refractivity contribution in [3.8, 4) is 5.75 Å². The average molecular weight is 1020 g/mol. The van der Waals surface area contributed by atoms with Crippen LogP contribution in [0.1, 0.15) is 116 Å². The van der Waals surface area contributed by atoms with Crippen molar-refractivity contribution >= 4 is 65.0 Å². The van der Waals surface area contributed by atoms with Crippen LogP contribution in [-0.4, -0.2) is 153 Å². The highest BCUT2D eigenvalue weighted by molar-refractivity contribution is 6.00. The Balaban J connectivity index is 2.69. The lowest BCUT2D eigenvalue weighted by atomic mass is 10.0. The average Bonchev–Trinajstić information content (AvgIpc) is 3.31. The van der Waals surface area contributed by atoms with Crippen molar-refractivity contribution in [2.24, 2.45) is 17.2 Å². The van der Waals surface area contributed by atoms with Crippen LogP contribution in [0.25, 0.3) is 0 Å². The molecule has 26 nitrogen and oxygen atoms in total. The van der Waals surface area contributed by atoms with Gasteiger partial charge in [0.15, 0.2) is 0 Å². The van der Waals surface area contributed by atoms with Gasteiger partial charge in [-0.25, -0.2) is 0 Å². The minimum Gasteiger partial charge on any atom is -0.508 e. The second kappa shape index (κ2) is 32.1. The van der Waals surface area contributed by atoms with Crippen molar-refractivity contribution in [1.29, 1.82) is 0 Å². The Kier molecular flexibility index (Phi) is 27.3. The van der Waals surface area contributed by atoms with Crippen LogP contribution in [0.3, 0.4) is 0 Å². The van der Waals surface area contributed by atoms with Gasteiger partial charge in [0.1, 0.15) is 48.0 Å². The topological polar surface area (TPSA) is 443 Å². The number of aromatic hydroxyl groups is 1. The first-order valence-electron chi connectivity index (χ1n) is 24.0. The summed E-state index contributed by atoms with van der Waals surface area (Å²) in [4.78, 5) is 146. The molecule has 4 unspecified atom stereocenters. The van der Waals surface area contributed by atoms with Gasteiger partial charge in [0.2, 0.25) is 65.0 Å². The van der Waals surface area contributed by atoms with E-state index in [0.29, 0.717) is 12.8 Å². The van der Waals surface area contributed by atoms with Crippen LogP contribution in [0.15, 0.2) is 24.3 Å². The van der Waals surface area contributed by atoms with Crippen molar-refractivity contribution < 1.29 is 73.2 Å². The van der Waals surface area contributed by atoms with Gasteiger partial charge in [-0.05, 0) is 37.5 Å². The Morgan fingerprint density at radius 3 is 1.47 bits per heavy atom. The third-order valence-corrected chi connectivity index (χ3v) is 11.5. The quantitative estimate of drug-likeness (QED) is 0.0487. The molecule has 1 heterocycles. The molecule has 0 aromatic heterocycles. The summed E-state index contributed by atoms with van der Waals surface area (Å²) in [7, 11) is 0. The van der Waals surface area contributed by atoms with Crippen LogP contribution in [0, 0.1) is 0 Å². The predicted octanol–water partition coefficient (Wildman–Crippen LogP) is -4.48. The Morgan fingerprint density at radius 2 is 0.972 bits per heavy atom. The molecule has 402 valence electrons. The summed E-state index contributed by atoms with van der Waals surface area (Å²) >= 11 is 0. The van der Waals surface area contributed by atoms with Gasteiger partial charge in [0.05, 0.1) is 32.2 Å². The van der Waals surface area contributed by atoms with Crippen molar-refractivity contribution in [3.05, 3.63) is 29.8 Å². The van der Waals surface area contributed by atoms with Gasteiger partial charge in [-0.3, -0.25) is 52.7 Å². The molecule has 9 atom stereocenters. The first-order valence-corrected chi connectivity index (χ1v) is 24.0. The van der Waals surface area contributed by atoms with Crippen LogP contribution >= 0.6 is 0 Å². The largest absolute Gasteiger partial charge is 0.508 e. The fraction of sp³-hybridized carbons (Fsp3) is 0.630. The maximum absolute atomic E-state index is 14.0. The molecular weight excluding hydrogens is 947 g/mol. The number of amides is 11. The van der Waals surface area contributed by atoms with Crippen molar-refractivity contribution in [2.75, 3.05) is 13.2 Å². The highest BCUT2D eigenvalue weighted by Gasteiger charge is 2.36. The van der Waals surface area contributed by atoms with E-state index >= 15 is 0 Å². The number of nitrogens with one attached hydrogen (secondary N) is 8. The summed E-state index contributed by atoms with van der Waals surface area (Å²) in [6.45, 7) is 1.11. The first-order chi connectivity index (χ1) is 34.1. The summed E-state index contributed by atoms with van der Waals surface area (Å²) in [5.74, 6) is -12.6. The van der Waals surface area contributed by atoms with Crippen LogP contribution in [0.2, 0.25) is 0 Å². The molecule has 0 spiro atoms. The number of primary amides is 3. The molecule has 1 aromatic rings. The smallest absolute Gasteiger partial charge is 0.245 e. The van der Waals surface area contributed by atoms with Crippen molar-refractivity contribution in [2.45, 2.75) is 171 Å². The van der Waals surface area contributed by atoms with E-state index in [1.54, 1.807) is 0 Å². The highest BCUT2D eigenvalue weighted by Crippen LogP contribution is 2.15. The number of phenols is 1. The zero-order valence-electron chi connectivity index (χ0n) is 40.7. The molecule has 1 saturated heterocycles. The molecule has 72 heavy (non-hydrogen) atoms. The Labute approximate surface area is 416 Å². The highest BCUT2D eigenvalue weighted by atomic mass is 16.3. The number of hydrogen-bond donors (Lipinski definition) is 15. The molecule has 1 aliphatic heterocycles. The first kappa shape index (κ1) is 61.2. The second-order valence-electron chi connectivity index (χ2n) is 17.8. The number of aliphatic hydroxyl groups excluding tert-OH is 3. The van der Waals surface area contributed by atoms with Crippen LogP contribution < -0.4 is 59.7 Å². The normalized spacial score (nSPS) is 24.0. The number of carbonyl (C=O) groups is 11. The molecule has 0 radical (unpaired) electrons. The number of carbonyl (C=O) groups excluding carboxylic acids is 11. The number of nitrogens with two attached hydrogens (primary N) is 3. The van der Waals surface area contributed by atoms with E-state index in [1.807, 2.05) is 0 Å². The summed E-state index contributed by atoms with van der Waals surface area (Å²) < 4.78 is 0. The number of aliphatic hydroxyl groups is 3. The molecule has 0 bridgehead atoms. The third kappa shape index (κ3) is 22.9. The molecule has 1 fully saturated rings. The van der Waals surface area contributed by atoms with E-state index in [0.717, 1.165) is 51.9 Å². The molecule has 26 heteroatoms. The van der Waals surface area contributed by atoms with Gasteiger partial charge in [-0.2, -0.15) is 0 Å². The predicted molar refractivity (Wildman–Crippen MR) is 256 cm³/mol. The van der Waals surface area contributed by atoms with E-state index in [4.69, 9.17) is 17.2 Å². The number of unbranched alkanes of at least 4 members (excludes halogenated alkanes) is 8. The van der Waals surface area contributed by atoms with Crippen LogP contribution in [-0.2, 0) is 59.2 Å². The van der Waals surface area contributed by atoms with E-state index < -0.39 is 171 Å². The van der Waals surface area contributed by atoms with Crippen LogP contribution in [0.5, 0.6) is 5.75 Å². The lowest BCUT2D eigenvalue weighted by Gasteiger charge is -2.28. The summed E-state index contributed by atoms with van der Waals surface area (Å²) in [5, 5.41) is 59.5. The van der Waals surface area contributed by atoms with Gasteiger partial charge in [0, 0.05) is 25.3 Å². The molecule has 0 saturated carbocycles. The van der Waals surface area contributed by atoms with E-state index in [2.05, 4.69) is 49.5 Å². The summed E-state index contributed by atoms with van der Waals surface area (Å²) in [6, 6.07) is -8.51. The monoisotopic (exact) mass is 1020 g/mol. The van der Waals surface area contributed by atoms with E-state index in [9.17, 15) is 73.2 Å². The molecule has 18 N–H and O–H groups in total. The van der Waals surface area contributed by atoms with E-state index in [-0.39, 0.29) is 17.7 Å². The minimum absolute atomic E-state index is 0.180. The second-order valence-corrected chi connectivity index (χ2v) is 17.8. The summed E-state index contributed by atoms with van der Waals surface area (Å²) in [5.41, 5.74) is 16.4. The van der Waals surface area contributed by atoms with Crippen LogP contribution in [0.4, 0.5) is 0 Å². The van der Waals surface area contributed by atoms with Gasteiger partial charge in [-0.1, -0.05) is 76.8 Å². The molecular formula is C46H73N11O15. The zero-order chi connectivity index (χ0) is 53.9. The Morgan fingerprint density at radius 1 is 0.542 bits per heavy atom. The van der Waals surface area contributed by atoms with Crippen molar-refractivity contribution in [3.63, 3.8) is 0 Å². The lowest BCUT2D eigenvalue weighted by Crippen LogP contribution is -2.62.